The second kappa shape index (κ2) is 7.31. The van der Waals surface area contributed by atoms with Crippen molar-refractivity contribution in [1.29, 1.82) is 0 Å². The third-order valence-electron chi connectivity index (χ3n) is 4.92. The molecule has 0 saturated carbocycles. The number of aryl methyl sites for hydroxylation is 1. The number of carbonyl (C=O) groups is 1. The van der Waals surface area contributed by atoms with E-state index in [1.807, 2.05) is 6.92 Å². The summed E-state index contributed by atoms with van der Waals surface area (Å²) in [5.74, 6) is -1.05. The first-order valence-electron chi connectivity index (χ1n) is 9.08. The van der Waals surface area contributed by atoms with Crippen LogP contribution in [0.1, 0.15) is 36.6 Å². The Morgan fingerprint density at radius 1 is 1.14 bits per heavy atom. The number of nitrogens with zero attached hydrogens (tertiary/aromatic N) is 1. The van der Waals surface area contributed by atoms with Gasteiger partial charge in [-0.1, -0.05) is 35.9 Å². The highest BCUT2D eigenvalue weighted by Gasteiger charge is 2.28. The van der Waals surface area contributed by atoms with Crippen molar-refractivity contribution in [3.63, 3.8) is 0 Å². The molecule has 1 aromatic heterocycles. The molecule has 0 aliphatic carbocycles. The number of nitrogens with two attached hydrogens (primary N) is 1. The predicted molar refractivity (Wildman–Crippen MR) is 110 cm³/mol. The molecule has 7 heteroatoms. The molecule has 0 radical (unpaired) electrons. The molecule has 1 heterocycles. The minimum absolute atomic E-state index is 0.164. The first-order valence-corrected chi connectivity index (χ1v) is 10.5. The normalized spacial score (nSPS) is 12.9. The van der Waals surface area contributed by atoms with E-state index in [1.165, 1.54) is 3.97 Å². The van der Waals surface area contributed by atoms with Crippen molar-refractivity contribution in [1.82, 2.24) is 3.97 Å². The number of hydrogen-bond donors (Lipinski definition) is 1. The van der Waals surface area contributed by atoms with Crippen molar-refractivity contribution in [2.45, 2.75) is 38.5 Å². The monoisotopic (exact) mass is 400 g/mol. The second-order valence-corrected chi connectivity index (χ2v) is 8.59. The molecule has 0 fully saturated rings. The van der Waals surface area contributed by atoms with Gasteiger partial charge in [0, 0.05) is 5.39 Å². The van der Waals surface area contributed by atoms with Crippen LogP contribution >= 0.6 is 0 Å². The molecule has 2 N–H and O–H groups in total. The van der Waals surface area contributed by atoms with E-state index in [-0.39, 0.29) is 11.5 Å². The quantitative estimate of drug-likeness (QED) is 0.659. The lowest BCUT2D eigenvalue weighted by atomic mass is 9.99. The number of ether oxygens (including phenoxy) is 1. The van der Waals surface area contributed by atoms with Gasteiger partial charge in [-0.25, -0.2) is 12.4 Å². The SMILES string of the molecule is CCOC(=O)C(C)c1cccc2c(N)c(C)n(S(=O)(=O)c3ccc(C)cc3)c12. The molecule has 0 aliphatic heterocycles. The molecule has 0 saturated heterocycles. The number of aromatic nitrogens is 1. The maximum atomic E-state index is 13.5. The second-order valence-electron chi connectivity index (χ2n) is 6.80. The Balaban J connectivity index is 2.33. The van der Waals surface area contributed by atoms with Crippen molar-refractivity contribution in [3.8, 4) is 0 Å². The van der Waals surface area contributed by atoms with Gasteiger partial charge in [0.15, 0.2) is 0 Å². The lowest BCUT2D eigenvalue weighted by Crippen LogP contribution is -2.18. The van der Waals surface area contributed by atoms with Crippen molar-refractivity contribution in [2.24, 2.45) is 0 Å². The topological polar surface area (TPSA) is 91.4 Å². The number of rotatable bonds is 5. The first-order chi connectivity index (χ1) is 13.2. The Bertz CT molecular complexity index is 1150. The summed E-state index contributed by atoms with van der Waals surface area (Å²) in [5, 5.41) is 0.599. The highest BCUT2D eigenvalue weighted by Crippen LogP contribution is 2.36. The number of para-hydroxylation sites is 1. The molecule has 0 amide bonds. The van der Waals surface area contributed by atoms with E-state index in [9.17, 15) is 13.2 Å². The van der Waals surface area contributed by atoms with E-state index in [4.69, 9.17) is 10.5 Å². The van der Waals surface area contributed by atoms with Gasteiger partial charge in [0.1, 0.15) is 0 Å². The van der Waals surface area contributed by atoms with Gasteiger partial charge in [-0.3, -0.25) is 4.79 Å². The van der Waals surface area contributed by atoms with E-state index >= 15 is 0 Å². The lowest BCUT2D eigenvalue weighted by Gasteiger charge is -2.16. The van der Waals surface area contributed by atoms with Gasteiger partial charge in [0.05, 0.1) is 34.3 Å². The van der Waals surface area contributed by atoms with Gasteiger partial charge < -0.3 is 10.5 Å². The van der Waals surface area contributed by atoms with Gasteiger partial charge in [0.2, 0.25) is 0 Å². The van der Waals surface area contributed by atoms with Crippen LogP contribution in [0.2, 0.25) is 0 Å². The van der Waals surface area contributed by atoms with Crippen molar-refractivity contribution in [2.75, 3.05) is 12.3 Å². The number of carbonyl (C=O) groups excluding carboxylic acids is 1. The largest absolute Gasteiger partial charge is 0.466 e. The van der Waals surface area contributed by atoms with Crippen molar-refractivity contribution >= 4 is 32.6 Å². The maximum absolute atomic E-state index is 13.5. The molecule has 1 unspecified atom stereocenters. The zero-order valence-electron chi connectivity index (χ0n) is 16.4. The minimum atomic E-state index is -3.90. The fourth-order valence-electron chi connectivity index (χ4n) is 3.34. The van der Waals surface area contributed by atoms with Crippen LogP contribution in [-0.2, 0) is 19.6 Å². The Morgan fingerprint density at radius 2 is 1.79 bits per heavy atom. The molecule has 148 valence electrons. The highest BCUT2D eigenvalue weighted by atomic mass is 32.2. The fraction of sp³-hybridized carbons (Fsp3) is 0.286. The standard InChI is InChI=1S/C21H24N2O4S/c1-5-27-21(24)14(3)17-7-6-8-18-19(22)15(4)23(20(17)18)28(25,26)16-11-9-13(2)10-12-16/h6-12,14H,5,22H2,1-4H3. The number of esters is 1. The molecule has 3 rings (SSSR count). The van der Waals surface area contributed by atoms with Gasteiger partial charge in [-0.2, -0.15) is 0 Å². The third kappa shape index (κ3) is 3.16. The zero-order valence-corrected chi connectivity index (χ0v) is 17.2. The van der Waals surface area contributed by atoms with Crippen LogP contribution in [-0.4, -0.2) is 25.0 Å². The van der Waals surface area contributed by atoms with Crippen LogP contribution < -0.4 is 5.73 Å². The molecular formula is C21H24N2O4S. The summed E-state index contributed by atoms with van der Waals surface area (Å²) in [5.41, 5.74) is 8.97. The number of anilines is 1. The van der Waals surface area contributed by atoms with Crippen LogP contribution in [0.15, 0.2) is 47.4 Å². The summed E-state index contributed by atoms with van der Waals surface area (Å²) in [6.07, 6.45) is 0. The molecule has 2 aromatic carbocycles. The molecule has 1 atom stereocenters. The Hall–Kier alpha value is -2.80. The minimum Gasteiger partial charge on any atom is -0.466 e. The summed E-state index contributed by atoms with van der Waals surface area (Å²) >= 11 is 0. The number of benzene rings is 2. The van der Waals surface area contributed by atoms with Gasteiger partial charge >= 0.3 is 5.97 Å². The number of hydrogen-bond acceptors (Lipinski definition) is 5. The van der Waals surface area contributed by atoms with Crippen molar-refractivity contribution in [3.05, 3.63) is 59.3 Å². The predicted octanol–water partition coefficient (Wildman–Crippen LogP) is 3.74. The Morgan fingerprint density at radius 3 is 2.39 bits per heavy atom. The molecule has 28 heavy (non-hydrogen) atoms. The van der Waals surface area contributed by atoms with Crippen LogP contribution in [0.25, 0.3) is 10.9 Å². The Kier molecular flexibility index (Phi) is 5.21. The van der Waals surface area contributed by atoms with E-state index in [0.717, 1.165) is 5.56 Å². The molecule has 0 bridgehead atoms. The van der Waals surface area contributed by atoms with Gasteiger partial charge in [0.25, 0.3) is 10.0 Å². The number of fused-ring (bicyclic) bond motifs is 1. The van der Waals surface area contributed by atoms with E-state index in [2.05, 4.69) is 0 Å². The summed E-state index contributed by atoms with van der Waals surface area (Å²) in [6.45, 7) is 7.25. The maximum Gasteiger partial charge on any atom is 0.313 e. The van der Waals surface area contributed by atoms with E-state index in [1.54, 1.807) is 63.2 Å². The van der Waals surface area contributed by atoms with E-state index in [0.29, 0.717) is 27.8 Å². The van der Waals surface area contributed by atoms with Crippen LogP contribution in [0.3, 0.4) is 0 Å². The third-order valence-corrected chi connectivity index (χ3v) is 6.73. The molecule has 3 aromatic rings. The number of nitrogen functional groups attached to an aromatic ring is 1. The zero-order chi connectivity index (χ0) is 20.6. The van der Waals surface area contributed by atoms with Crippen molar-refractivity contribution < 1.29 is 17.9 Å². The Labute approximate surface area is 165 Å². The lowest BCUT2D eigenvalue weighted by molar-refractivity contribution is -0.144. The molecule has 6 nitrogen and oxygen atoms in total. The molecular weight excluding hydrogens is 376 g/mol. The highest BCUT2D eigenvalue weighted by molar-refractivity contribution is 7.90. The molecule has 0 spiro atoms. The van der Waals surface area contributed by atoms with Crippen LogP contribution in [0, 0.1) is 13.8 Å². The van der Waals surface area contributed by atoms with Crippen LogP contribution in [0.5, 0.6) is 0 Å². The smallest absolute Gasteiger partial charge is 0.313 e. The summed E-state index contributed by atoms with van der Waals surface area (Å²) in [6, 6.07) is 11.9. The van der Waals surface area contributed by atoms with Crippen LogP contribution in [0.4, 0.5) is 5.69 Å². The first kappa shape index (κ1) is 19.9. The average Bonchev–Trinajstić information content (AvgIpc) is 2.93. The molecule has 0 aliphatic rings. The average molecular weight is 401 g/mol. The van der Waals surface area contributed by atoms with Gasteiger partial charge in [-0.15, -0.1) is 0 Å². The summed E-state index contributed by atoms with van der Waals surface area (Å²) in [4.78, 5) is 12.5. The summed E-state index contributed by atoms with van der Waals surface area (Å²) in [7, 11) is -3.90. The summed E-state index contributed by atoms with van der Waals surface area (Å²) < 4.78 is 33.3. The van der Waals surface area contributed by atoms with E-state index < -0.39 is 21.9 Å². The van der Waals surface area contributed by atoms with Gasteiger partial charge in [-0.05, 0) is 45.4 Å². The fourth-order valence-corrected chi connectivity index (χ4v) is 4.93.